The van der Waals surface area contributed by atoms with Gasteiger partial charge >= 0.3 is 5.69 Å². The lowest BCUT2D eigenvalue weighted by molar-refractivity contribution is -0.114. The lowest BCUT2D eigenvalue weighted by Crippen LogP contribution is -2.41. The van der Waals surface area contributed by atoms with E-state index in [0.29, 0.717) is 18.7 Å². The van der Waals surface area contributed by atoms with Crippen molar-refractivity contribution < 1.29 is 9.53 Å². The fourth-order valence-electron chi connectivity index (χ4n) is 3.25. The molecular weight excluding hydrogens is 412 g/mol. The monoisotopic (exact) mass is 438 g/mol. The summed E-state index contributed by atoms with van der Waals surface area (Å²) in [7, 11) is 3.30. The molecular formula is C22H26N6O4. The van der Waals surface area contributed by atoms with Gasteiger partial charge in [0.25, 0.3) is 11.5 Å². The molecule has 2 aromatic heterocycles. The van der Waals surface area contributed by atoms with Gasteiger partial charge < -0.3 is 15.4 Å². The van der Waals surface area contributed by atoms with Gasteiger partial charge in [0.05, 0.1) is 12.2 Å². The van der Waals surface area contributed by atoms with Crippen LogP contribution in [0.15, 0.2) is 58.3 Å². The van der Waals surface area contributed by atoms with E-state index in [-0.39, 0.29) is 24.6 Å². The summed E-state index contributed by atoms with van der Waals surface area (Å²) in [5, 5.41) is 4.06. The smallest absolute Gasteiger partial charge is 0.330 e. The molecule has 0 aliphatic rings. The summed E-state index contributed by atoms with van der Waals surface area (Å²) >= 11 is 0. The van der Waals surface area contributed by atoms with E-state index < -0.39 is 17.2 Å². The van der Waals surface area contributed by atoms with Crippen LogP contribution >= 0.6 is 0 Å². The largest absolute Gasteiger partial charge is 0.385 e. The Labute approximate surface area is 184 Å². The molecule has 10 heteroatoms. The molecule has 32 heavy (non-hydrogen) atoms. The molecule has 10 nitrogen and oxygen atoms in total. The molecule has 0 radical (unpaired) electrons. The minimum atomic E-state index is -0.725. The number of nitrogen functional groups attached to an aromatic ring is 1. The number of aryl methyl sites for hydroxylation is 1. The Balaban J connectivity index is 2.01. The minimum absolute atomic E-state index is 0.0729. The van der Waals surface area contributed by atoms with Crippen molar-refractivity contribution in [3.8, 4) is 0 Å². The van der Waals surface area contributed by atoms with Crippen LogP contribution in [-0.4, -0.2) is 45.5 Å². The molecule has 3 N–H and O–H groups in total. The zero-order chi connectivity index (χ0) is 23.1. The standard InChI is InChI=1S/C22H26N6O4/c1-26-17(11-12-24-26)9-10-18(29)27(13-6-14-32-2)19-20(23)28(22(31)25-21(19)30)15-16-7-4-3-5-8-16/h3-5,7-12H,6,13-15,23H2,1-2H3,(H,25,30,31). The number of methoxy groups -OCH3 is 1. The van der Waals surface area contributed by atoms with Crippen molar-refractivity contribution in [3.63, 3.8) is 0 Å². The first-order chi connectivity index (χ1) is 15.4. The Morgan fingerprint density at radius 1 is 1.25 bits per heavy atom. The van der Waals surface area contributed by atoms with Crippen molar-refractivity contribution in [1.29, 1.82) is 0 Å². The third kappa shape index (κ3) is 5.22. The molecule has 0 unspecified atom stereocenters. The number of aromatic nitrogens is 4. The summed E-state index contributed by atoms with van der Waals surface area (Å²) in [6.07, 6.45) is 5.03. The molecule has 0 aliphatic heterocycles. The van der Waals surface area contributed by atoms with Gasteiger partial charge in [-0.3, -0.25) is 23.8 Å². The van der Waals surface area contributed by atoms with Gasteiger partial charge in [0.2, 0.25) is 0 Å². The van der Waals surface area contributed by atoms with E-state index in [1.807, 2.05) is 30.3 Å². The van der Waals surface area contributed by atoms with Gasteiger partial charge in [-0.2, -0.15) is 5.10 Å². The van der Waals surface area contributed by atoms with Crippen molar-refractivity contribution >= 4 is 23.5 Å². The van der Waals surface area contributed by atoms with Crippen LogP contribution in [0.4, 0.5) is 11.5 Å². The Hall–Kier alpha value is -3.92. The van der Waals surface area contributed by atoms with Crippen molar-refractivity contribution in [2.75, 3.05) is 30.9 Å². The number of carbonyl (C=O) groups excluding carboxylic acids is 1. The number of carbonyl (C=O) groups is 1. The first-order valence-corrected chi connectivity index (χ1v) is 10.1. The molecule has 0 spiro atoms. The van der Waals surface area contributed by atoms with E-state index in [1.54, 1.807) is 37.2 Å². The summed E-state index contributed by atoms with van der Waals surface area (Å²) in [6, 6.07) is 11.0. The topological polar surface area (TPSA) is 128 Å². The van der Waals surface area contributed by atoms with Gasteiger partial charge in [-0.25, -0.2) is 4.79 Å². The number of aromatic amines is 1. The van der Waals surface area contributed by atoms with Gasteiger partial charge in [-0.05, 0) is 24.1 Å². The molecule has 0 bridgehead atoms. The van der Waals surface area contributed by atoms with Gasteiger partial charge in [0.15, 0.2) is 5.69 Å². The number of nitrogens with two attached hydrogens (primary N) is 1. The second-order valence-electron chi connectivity index (χ2n) is 7.11. The highest BCUT2D eigenvalue weighted by Crippen LogP contribution is 2.19. The lowest BCUT2D eigenvalue weighted by atomic mass is 10.2. The second kappa shape index (κ2) is 10.4. The highest BCUT2D eigenvalue weighted by Gasteiger charge is 2.23. The Kier molecular flexibility index (Phi) is 7.40. The molecule has 0 saturated carbocycles. The third-order valence-electron chi connectivity index (χ3n) is 4.92. The van der Waals surface area contributed by atoms with E-state index in [9.17, 15) is 14.4 Å². The van der Waals surface area contributed by atoms with E-state index in [2.05, 4.69) is 10.1 Å². The quantitative estimate of drug-likeness (QED) is 0.379. The molecule has 0 atom stereocenters. The molecule has 168 valence electrons. The highest BCUT2D eigenvalue weighted by atomic mass is 16.5. The zero-order valence-electron chi connectivity index (χ0n) is 18.0. The van der Waals surface area contributed by atoms with Crippen LogP contribution in [0.1, 0.15) is 17.7 Å². The van der Waals surface area contributed by atoms with Crippen molar-refractivity contribution in [2.45, 2.75) is 13.0 Å². The van der Waals surface area contributed by atoms with E-state index in [1.165, 1.54) is 15.5 Å². The van der Waals surface area contributed by atoms with E-state index in [0.717, 1.165) is 5.56 Å². The molecule has 3 aromatic rings. The summed E-state index contributed by atoms with van der Waals surface area (Å²) in [4.78, 5) is 41.8. The zero-order valence-corrected chi connectivity index (χ0v) is 18.0. The number of H-pyrrole nitrogens is 1. The van der Waals surface area contributed by atoms with Gasteiger partial charge in [-0.15, -0.1) is 0 Å². The average Bonchev–Trinajstić information content (AvgIpc) is 3.19. The summed E-state index contributed by atoms with van der Waals surface area (Å²) < 4.78 is 7.94. The van der Waals surface area contributed by atoms with Crippen LogP contribution in [-0.2, 0) is 23.1 Å². The normalized spacial score (nSPS) is 11.2. The van der Waals surface area contributed by atoms with Crippen LogP contribution < -0.4 is 21.9 Å². The van der Waals surface area contributed by atoms with Gasteiger partial charge in [-0.1, -0.05) is 30.3 Å². The minimum Gasteiger partial charge on any atom is -0.385 e. The predicted octanol–water partition coefficient (Wildman–Crippen LogP) is 0.984. The molecule has 3 rings (SSSR count). The summed E-state index contributed by atoms with van der Waals surface area (Å²) in [6.45, 7) is 0.718. The number of hydrogen-bond donors (Lipinski definition) is 2. The van der Waals surface area contributed by atoms with Gasteiger partial charge in [0, 0.05) is 39.6 Å². The number of hydrogen-bond acceptors (Lipinski definition) is 6. The van der Waals surface area contributed by atoms with Crippen LogP contribution in [0.5, 0.6) is 0 Å². The second-order valence-corrected chi connectivity index (χ2v) is 7.11. The van der Waals surface area contributed by atoms with E-state index >= 15 is 0 Å². The lowest BCUT2D eigenvalue weighted by Gasteiger charge is -2.23. The number of nitrogens with zero attached hydrogens (tertiary/aromatic N) is 4. The van der Waals surface area contributed by atoms with Crippen LogP contribution in [0.25, 0.3) is 6.08 Å². The SMILES string of the molecule is COCCCN(C(=O)C=Cc1ccnn1C)c1c(N)n(Cc2ccccc2)c(=O)[nH]c1=O. The van der Waals surface area contributed by atoms with E-state index in [4.69, 9.17) is 10.5 Å². The van der Waals surface area contributed by atoms with Crippen LogP contribution in [0.2, 0.25) is 0 Å². The highest BCUT2D eigenvalue weighted by molar-refractivity contribution is 6.05. The molecule has 0 fully saturated rings. The number of nitrogens with one attached hydrogen (secondary N) is 1. The molecule has 0 aliphatic carbocycles. The fourth-order valence-corrected chi connectivity index (χ4v) is 3.25. The number of ether oxygens (including phenoxy) is 1. The first kappa shape index (κ1) is 22.8. The maximum atomic E-state index is 13.1. The van der Waals surface area contributed by atoms with Crippen LogP contribution in [0, 0.1) is 0 Å². The summed E-state index contributed by atoms with van der Waals surface area (Å²) in [5.74, 6) is -0.535. The Morgan fingerprint density at radius 2 is 2.00 bits per heavy atom. The Morgan fingerprint density at radius 3 is 2.66 bits per heavy atom. The number of rotatable bonds is 9. The predicted molar refractivity (Wildman–Crippen MR) is 122 cm³/mol. The maximum Gasteiger partial charge on any atom is 0.330 e. The summed E-state index contributed by atoms with van der Waals surface area (Å²) in [5.41, 5.74) is 6.37. The van der Waals surface area contributed by atoms with Crippen molar-refractivity contribution in [2.24, 2.45) is 7.05 Å². The average molecular weight is 438 g/mol. The number of anilines is 2. The molecule has 2 heterocycles. The molecule has 1 aromatic carbocycles. The van der Waals surface area contributed by atoms with Crippen molar-refractivity contribution in [1.82, 2.24) is 19.3 Å². The Bertz CT molecular complexity index is 1210. The third-order valence-corrected chi connectivity index (χ3v) is 4.92. The maximum absolute atomic E-state index is 13.1. The van der Waals surface area contributed by atoms with Gasteiger partial charge in [0.1, 0.15) is 5.82 Å². The van der Waals surface area contributed by atoms with Crippen LogP contribution in [0.3, 0.4) is 0 Å². The fraction of sp³-hybridized carbons (Fsp3) is 0.273. The molecule has 0 saturated heterocycles. The molecule has 1 amide bonds. The first-order valence-electron chi connectivity index (χ1n) is 10.1. The van der Waals surface area contributed by atoms with Crippen molar-refractivity contribution in [3.05, 3.63) is 80.8 Å². The number of benzene rings is 1. The number of amides is 1.